The number of hydrogen-bond acceptors (Lipinski definition) is 3. The van der Waals surface area contributed by atoms with Crippen molar-refractivity contribution >= 4 is 11.3 Å². The summed E-state index contributed by atoms with van der Waals surface area (Å²) >= 11 is 1.82. The molecule has 1 aromatic heterocycles. The zero-order chi connectivity index (χ0) is 13.8. The first kappa shape index (κ1) is 13.8. The molecule has 1 aliphatic heterocycles. The van der Waals surface area contributed by atoms with Crippen molar-refractivity contribution in [3.8, 4) is 0 Å². The summed E-state index contributed by atoms with van der Waals surface area (Å²) in [6, 6.07) is 15.3. The van der Waals surface area contributed by atoms with E-state index >= 15 is 0 Å². The molecule has 1 fully saturated rings. The number of rotatable bonds is 5. The van der Waals surface area contributed by atoms with Gasteiger partial charge in [0.2, 0.25) is 0 Å². The van der Waals surface area contributed by atoms with Crippen LogP contribution in [0, 0.1) is 5.92 Å². The van der Waals surface area contributed by atoms with E-state index in [-0.39, 0.29) is 6.10 Å². The molecule has 0 saturated carbocycles. The molecule has 3 unspecified atom stereocenters. The fourth-order valence-corrected chi connectivity index (χ4v) is 3.58. The number of hydrogen-bond donors (Lipinski definition) is 1. The molecule has 0 spiro atoms. The molecule has 106 valence electrons. The highest BCUT2D eigenvalue weighted by atomic mass is 32.1. The van der Waals surface area contributed by atoms with Gasteiger partial charge in [0.15, 0.2) is 0 Å². The van der Waals surface area contributed by atoms with Crippen LogP contribution in [0.25, 0.3) is 0 Å². The van der Waals surface area contributed by atoms with E-state index in [0.717, 1.165) is 19.6 Å². The van der Waals surface area contributed by atoms with E-state index in [4.69, 9.17) is 4.74 Å². The van der Waals surface area contributed by atoms with Crippen LogP contribution in [0.1, 0.15) is 35.9 Å². The summed E-state index contributed by atoms with van der Waals surface area (Å²) in [4.78, 5) is 1.40. The van der Waals surface area contributed by atoms with Crippen molar-refractivity contribution in [2.24, 2.45) is 5.92 Å². The summed E-state index contributed by atoms with van der Waals surface area (Å²) in [6.07, 6.45) is 1.39. The molecule has 3 atom stereocenters. The minimum absolute atomic E-state index is 0.249. The molecule has 0 amide bonds. The van der Waals surface area contributed by atoms with E-state index in [0.29, 0.717) is 12.0 Å². The molecule has 2 aromatic rings. The van der Waals surface area contributed by atoms with Crippen LogP contribution in [0.3, 0.4) is 0 Å². The molecule has 2 nitrogen and oxygen atoms in total. The fourth-order valence-electron chi connectivity index (χ4n) is 2.82. The van der Waals surface area contributed by atoms with Crippen LogP contribution in [-0.2, 0) is 4.74 Å². The van der Waals surface area contributed by atoms with Crippen LogP contribution >= 0.6 is 11.3 Å². The van der Waals surface area contributed by atoms with Gasteiger partial charge in [0, 0.05) is 30.0 Å². The minimum Gasteiger partial charge on any atom is -0.373 e. The average Bonchev–Trinajstić information content (AvgIpc) is 3.17. The molecular formula is C17H21NOS. The topological polar surface area (TPSA) is 21.3 Å². The fraction of sp³-hybridized carbons (Fsp3) is 0.412. The third-order valence-electron chi connectivity index (χ3n) is 4.00. The van der Waals surface area contributed by atoms with Crippen LogP contribution in [0.4, 0.5) is 0 Å². The SMILES string of the molecule is CC(NCC1CCOC1c1ccccc1)c1cccs1. The van der Waals surface area contributed by atoms with E-state index in [1.807, 2.05) is 11.3 Å². The van der Waals surface area contributed by atoms with E-state index in [9.17, 15) is 0 Å². The van der Waals surface area contributed by atoms with Crippen molar-refractivity contribution in [1.82, 2.24) is 5.32 Å². The Labute approximate surface area is 124 Å². The Balaban J connectivity index is 1.59. The molecular weight excluding hydrogens is 266 g/mol. The molecule has 0 aliphatic carbocycles. The Morgan fingerprint density at radius 2 is 2.10 bits per heavy atom. The van der Waals surface area contributed by atoms with Crippen molar-refractivity contribution < 1.29 is 4.74 Å². The zero-order valence-corrected chi connectivity index (χ0v) is 12.6. The minimum atomic E-state index is 0.249. The first-order chi connectivity index (χ1) is 9.84. The van der Waals surface area contributed by atoms with Crippen LogP contribution in [0.5, 0.6) is 0 Å². The standard InChI is InChI=1S/C17H21NOS/c1-13(16-8-5-11-20-16)18-12-15-9-10-19-17(15)14-6-3-2-4-7-14/h2-8,11,13,15,17-18H,9-10,12H2,1H3. The summed E-state index contributed by atoms with van der Waals surface area (Å²) in [6.45, 7) is 4.12. The van der Waals surface area contributed by atoms with E-state index < -0.39 is 0 Å². The molecule has 0 radical (unpaired) electrons. The maximum absolute atomic E-state index is 5.94. The lowest BCUT2D eigenvalue weighted by atomic mass is 9.95. The maximum atomic E-state index is 5.94. The molecule has 3 rings (SSSR count). The number of thiophene rings is 1. The highest BCUT2D eigenvalue weighted by molar-refractivity contribution is 7.10. The van der Waals surface area contributed by atoms with Crippen molar-refractivity contribution in [1.29, 1.82) is 0 Å². The molecule has 1 saturated heterocycles. The Bertz CT molecular complexity index is 511. The molecule has 1 N–H and O–H groups in total. The molecule has 20 heavy (non-hydrogen) atoms. The van der Waals surface area contributed by atoms with Crippen LogP contribution in [0.15, 0.2) is 47.8 Å². The Kier molecular flexibility index (Phi) is 4.51. The second-order valence-electron chi connectivity index (χ2n) is 5.40. The zero-order valence-electron chi connectivity index (χ0n) is 11.8. The van der Waals surface area contributed by atoms with Gasteiger partial charge in [0.1, 0.15) is 0 Å². The van der Waals surface area contributed by atoms with Crippen LogP contribution < -0.4 is 5.32 Å². The van der Waals surface area contributed by atoms with Gasteiger partial charge in [-0.2, -0.15) is 0 Å². The summed E-state index contributed by atoms with van der Waals surface area (Å²) in [5.74, 6) is 0.569. The highest BCUT2D eigenvalue weighted by Gasteiger charge is 2.29. The smallest absolute Gasteiger partial charge is 0.0866 e. The first-order valence-corrected chi connectivity index (χ1v) is 8.16. The Hall–Kier alpha value is -1.16. The van der Waals surface area contributed by atoms with Crippen molar-refractivity contribution in [3.63, 3.8) is 0 Å². The summed E-state index contributed by atoms with van der Waals surface area (Å²) in [5.41, 5.74) is 1.31. The summed E-state index contributed by atoms with van der Waals surface area (Å²) in [5, 5.41) is 5.79. The molecule has 1 aliphatic rings. The lowest BCUT2D eigenvalue weighted by Gasteiger charge is -2.21. The lowest BCUT2D eigenvalue weighted by Crippen LogP contribution is -2.27. The van der Waals surface area contributed by atoms with Gasteiger partial charge in [0.05, 0.1) is 6.10 Å². The first-order valence-electron chi connectivity index (χ1n) is 7.28. The van der Waals surface area contributed by atoms with Crippen molar-refractivity contribution in [3.05, 3.63) is 58.3 Å². The number of benzene rings is 1. The van der Waals surface area contributed by atoms with Gasteiger partial charge in [-0.15, -0.1) is 11.3 Å². The quantitative estimate of drug-likeness (QED) is 0.891. The van der Waals surface area contributed by atoms with E-state index in [1.54, 1.807) is 0 Å². The third kappa shape index (κ3) is 3.11. The van der Waals surface area contributed by atoms with Gasteiger partial charge in [-0.05, 0) is 30.4 Å². The van der Waals surface area contributed by atoms with Crippen LogP contribution in [-0.4, -0.2) is 13.2 Å². The van der Waals surface area contributed by atoms with Gasteiger partial charge in [-0.3, -0.25) is 0 Å². The van der Waals surface area contributed by atoms with Gasteiger partial charge >= 0.3 is 0 Å². The largest absolute Gasteiger partial charge is 0.373 e. The Morgan fingerprint density at radius 1 is 1.25 bits per heavy atom. The van der Waals surface area contributed by atoms with E-state index in [1.165, 1.54) is 10.4 Å². The monoisotopic (exact) mass is 287 g/mol. The molecule has 1 aromatic carbocycles. The summed E-state index contributed by atoms with van der Waals surface area (Å²) < 4.78 is 5.94. The normalized spacial score (nSPS) is 23.9. The van der Waals surface area contributed by atoms with Gasteiger partial charge in [-0.1, -0.05) is 36.4 Å². The van der Waals surface area contributed by atoms with Gasteiger partial charge in [-0.25, -0.2) is 0 Å². The van der Waals surface area contributed by atoms with Crippen molar-refractivity contribution in [2.45, 2.75) is 25.5 Å². The predicted octanol–water partition coefficient (Wildman–Crippen LogP) is 4.18. The van der Waals surface area contributed by atoms with Gasteiger partial charge < -0.3 is 10.1 Å². The maximum Gasteiger partial charge on any atom is 0.0866 e. The second-order valence-corrected chi connectivity index (χ2v) is 6.38. The van der Waals surface area contributed by atoms with Gasteiger partial charge in [0.25, 0.3) is 0 Å². The molecule has 0 bridgehead atoms. The molecule has 3 heteroatoms. The van der Waals surface area contributed by atoms with Crippen molar-refractivity contribution in [2.75, 3.05) is 13.2 Å². The lowest BCUT2D eigenvalue weighted by molar-refractivity contribution is 0.0900. The number of ether oxygens (including phenoxy) is 1. The third-order valence-corrected chi connectivity index (χ3v) is 5.05. The average molecular weight is 287 g/mol. The van der Waals surface area contributed by atoms with E-state index in [2.05, 4.69) is 60.1 Å². The molecule has 2 heterocycles. The predicted molar refractivity (Wildman–Crippen MR) is 84.0 cm³/mol. The summed E-state index contributed by atoms with van der Waals surface area (Å²) in [7, 11) is 0. The highest BCUT2D eigenvalue weighted by Crippen LogP contribution is 2.34. The number of nitrogens with one attached hydrogen (secondary N) is 1. The Morgan fingerprint density at radius 3 is 2.85 bits per heavy atom. The van der Waals surface area contributed by atoms with Crippen LogP contribution in [0.2, 0.25) is 0 Å². The second kappa shape index (κ2) is 6.53.